The maximum Gasteiger partial charge on any atom is 0.0666 e. The van der Waals surface area contributed by atoms with Crippen LogP contribution in [0.25, 0.3) is 0 Å². The Balaban J connectivity index is 0.0000157. The Morgan fingerprint density at radius 3 is 1.45 bits per heavy atom. The second-order valence-electron chi connectivity index (χ2n) is 16.3. The average molecular weight is 810 g/mol. The fourth-order valence-electron chi connectivity index (χ4n) is 7.75. The van der Waals surface area contributed by atoms with Gasteiger partial charge >= 0.3 is 0 Å². The molecule has 2 aromatic carbocycles. The van der Waals surface area contributed by atoms with Crippen LogP contribution in [0.15, 0.2) is 52.4 Å². The number of para-hydroxylation sites is 1. The van der Waals surface area contributed by atoms with Crippen molar-refractivity contribution < 1.29 is 16.5 Å². The van der Waals surface area contributed by atoms with Crippen LogP contribution in [0.5, 0.6) is 0 Å². The Morgan fingerprint density at radius 2 is 0.893 bits per heavy atom. The number of hydrogen-bond donors (Lipinski definition) is 0. The van der Waals surface area contributed by atoms with E-state index in [1.54, 1.807) is 0 Å². The van der Waals surface area contributed by atoms with E-state index >= 15 is 0 Å². The number of aliphatic imine (C=N–C) groups is 2. The van der Waals surface area contributed by atoms with Crippen molar-refractivity contribution in [2.45, 2.75) is 240 Å². The Kier molecular flexibility index (Phi) is 34.4. The van der Waals surface area contributed by atoms with Crippen LogP contribution < -0.4 is 0 Å². The monoisotopic (exact) mass is 809 g/mol. The smallest absolute Gasteiger partial charge is 0.0666 e. The fraction of sp³-hybridized carbons (Fsp3) is 0.698. The molecule has 0 unspecified atom stereocenters. The number of rotatable bonds is 34. The van der Waals surface area contributed by atoms with Crippen molar-refractivity contribution in [3.05, 3.63) is 59.2 Å². The van der Waals surface area contributed by atoms with Crippen molar-refractivity contribution in [2.24, 2.45) is 9.98 Å². The molecule has 0 atom stereocenters. The minimum absolute atomic E-state index is 0. The van der Waals surface area contributed by atoms with Crippen LogP contribution in [0.4, 0.5) is 11.4 Å². The van der Waals surface area contributed by atoms with Crippen molar-refractivity contribution >= 4 is 22.8 Å². The molecule has 0 aromatic heterocycles. The van der Waals surface area contributed by atoms with E-state index in [0.717, 1.165) is 69.2 Å². The molecular formula is C53H86N2Ni. The van der Waals surface area contributed by atoms with E-state index in [0.29, 0.717) is 0 Å². The number of aryl methyl sites for hydroxylation is 3. The zero-order valence-electron chi connectivity index (χ0n) is 37.4. The van der Waals surface area contributed by atoms with Crippen LogP contribution in [-0.2, 0) is 35.8 Å². The third-order valence-corrected chi connectivity index (χ3v) is 11.4. The summed E-state index contributed by atoms with van der Waals surface area (Å²) in [5.41, 5.74) is 8.71. The molecule has 2 aromatic rings. The van der Waals surface area contributed by atoms with E-state index < -0.39 is 0 Å². The first-order valence-electron chi connectivity index (χ1n) is 24.0. The predicted octanol–water partition coefficient (Wildman–Crippen LogP) is 17.6. The van der Waals surface area contributed by atoms with Gasteiger partial charge in [0.1, 0.15) is 0 Å². The summed E-state index contributed by atoms with van der Waals surface area (Å²) in [6.07, 6.45) is 41.3. The molecule has 0 heterocycles. The van der Waals surface area contributed by atoms with Gasteiger partial charge in [0.05, 0.1) is 22.8 Å². The number of benzene rings is 2. The number of hydrogen-bond acceptors (Lipinski definition) is 2. The number of nitrogens with zero attached hydrogens (tertiary/aromatic N) is 2. The van der Waals surface area contributed by atoms with Crippen LogP contribution >= 0.6 is 0 Å². The minimum atomic E-state index is 0. The van der Waals surface area contributed by atoms with Crippen LogP contribution in [0.3, 0.4) is 0 Å². The molecule has 318 valence electrons. The third-order valence-electron chi connectivity index (χ3n) is 11.4. The first kappa shape index (κ1) is 51.9. The third kappa shape index (κ3) is 25.2. The molecule has 0 aliphatic carbocycles. The van der Waals surface area contributed by atoms with Gasteiger partial charge in [-0.2, -0.15) is 0 Å². The van der Waals surface area contributed by atoms with Gasteiger partial charge in [0, 0.05) is 29.3 Å². The normalized spacial score (nSPS) is 11.7. The summed E-state index contributed by atoms with van der Waals surface area (Å²) in [7, 11) is 0. The second-order valence-corrected chi connectivity index (χ2v) is 16.3. The molecule has 2 nitrogen and oxygen atoms in total. The van der Waals surface area contributed by atoms with Crippen molar-refractivity contribution in [1.29, 1.82) is 0 Å². The molecule has 0 N–H and O–H groups in total. The molecule has 2 rings (SSSR count). The van der Waals surface area contributed by atoms with Gasteiger partial charge in [-0.1, -0.05) is 200 Å². The van der Waals surface area contributed by atoms with E-state index in [1.165, 1.54) is 176 Å². The molecular weight excluding hydrogens is 723 g/mol. The maximum atomic E-state index is 5.43. The van der Waals surface area contributed by atoms with Gasteiger partial charge in [-0.15, -0.1) is 11.8 Å². The first-order chi connectivity index (χ1) is 27.2. The Morgan fingerprint density at radius 1 is 0.429 bits per heavy atom. The van der Waals surface area contributed by atoms with Crippen molar-refractivity contribution in [1.82, 2.24) is 0 Å². The maximum absolute atomic E-state index is 5.43. The molecule has 0 bridgehead atoms. The van der Waals surface area contributed by atoms with Gasteiger partial charge in [-0.05, 0) is 86.3 Å². The summed E-state index contributed by atoms with van der Waals surface area (Å²) in [6, 6.07) is 15.6. The van der Waals surface area contributed by atoms with Gasteiger partial charge < -0.3 is 0 Å². The molecule has 3 heteroatoms. The molecule has 0 spiro atoms. The fourth-order valence-corrected chi connectivity index (χ4v) is 7.75. The summed E-state index contributed by atoms with van der Waals surface area (Å²) in [4.78, 5) is 10.8. The van der Waals surface area contributed by atoms with E-state index in [-0.39, 0.29) is 16.5 Å². The SMILES string of the molecule is CCCCCCCCCCCCCCCCCCCCCC#CCCc1ccccc1/N=C(CCCCCC)/C(CCCC)=N/c1ccc(CC)c(CC)c1.[Ni]. The molecule has 0 amide bonds. The van der Waals surface area contributed by atoms with Gasteiger partial charge in [0.2, 0.25) is 0 Å². The molecule has 0 saturated heterocycles. The van der Waals surface area contributed by atoms with Crippen LogP contribution in [-0.4, -0.2) is 11.4 Å². The molecule has 56 heavy (non-hydrogen) atoms. The van der Waals surface area contributed by atoms with Crippen molar-refractivity contribution in [3.63, 3.8) is 0 Å². The second kappa shape index (κ2) is 37.1. The summed E-state index contributed by atoms with van der Waals surface area (Å²) < 4.78 is 0. The van der Waals surface area contributed by atoms with Crippen molar-refractivity contribution in [3.8, 4) is 11.8 Å². The van der Waals surface area contributed by atoms with E-state index in [4.69, 9.17) is 9.98 Å². The largest absolute Gasteiger partial charge is 0.252 e. The van der Waals surface area contributed by atoms with Crippen LogP contribution in [0.2, 0.25) is 0 Å². The van der Waals surface area contributed by atoms with Crippen LogP contribution in [0.1, 0.15) is 238 Å². The minimum Gasteiger partial charge on any atom is -0.252 e. The topological polar surface area (TPSA) is 24.7 Å². The van der Waals surface area contributed by atoms with E-state index in [2.05, 4.69) is 88.9 Å². The van der Waals surface area contributed by atoms with E-state index in [1.807, 2.05) is 0 Å². The molecule has 0 radical (unpaired) electrons. The molecule has 0 aliphatic heterocycles. The van der Waals surface area contributed by atoms with Gasteiger partial charge in [-0.25, -0.2) is 0 Å². The quantitative estimate of drug-likeness (QED) is 0.0291. The molecule has 0 aliphatic rings. The number of unbranched alkanes of at least 4 members (excludes halogenated alkanes) is 23. The Hall–Kier alpha value is -2.17. The molecule has 0 fully saturated rings. The summed E-state index contributed by atoms with van der Waals surface area (Å²) in [6.45, 7) is 11.4. The zero-order valence-corrected chi connectivity index (χ0v) is 38.4. The first-order valence-corrected chi connectivity index (χ1v) is 24.0. The van der Waals surface area contributed by atoms with E-state index in [9.17, 15) is 0 Å². The summed E-state index contributed by atoms with van der Waals surface area (Å²) in [5, 5.41) is 0. The van der Waals surface area contributed by atoms with Crippen LogP contribution in [0, 0.1) is 11.8 Å². The summed E-state index contributed by atoms with van der Waals surface area (Å²) >= 11 is 0. The van der Waals surface area contributed by atoms with Crippen molar-refractivity contribution in [2.75, 3.05) is 0 Å². The van der Waals surface area contributed by atoms with Gasteiger partial charge in [0.25, 0.3) is 0 Å². The standard InChI is InChI=1S/C53H86N2.Ni/c1-6-11-14-16-17-18-19-20-21-22-23-24-25-26-27-28-29-30-31-32-33-34-35-39-49-40-37-38-42-51(49)55-53(43-36-15-12-7-2)52(41-13-8-3)54-50-45-44-47(9-4)48(10-5)46-50;/h37-38,40,42,44-46H,6-32,35-36,39,41,43H2,1-5H3;/b54-52+,55-53+;. The van der Waals surface area contributed by atoms with Gasteiger partial charge in [-0.3, -0.25) is 9.98 Å². The molecule has 0 saturated carbocycles. The van der Waals surface area contributed by atoms with Gasteiger partial charge in [0.15, 0.2) is 0 Å². The Labute approximate surface area is 358 Å². The average Bonchev–Trinajstić information content (AvgIpc) is 3.21. The predicted molar refractivity (Wildman–Crippen MR) is 248 cm³/mol. The zero-order chi connectivity index (χ0) is 39.4. The Bertz CT molecular complexity index is 1340. The summed E-state index contributed by atoms with van der Waals surface area (Å²) in [5.74, 6) is 7.00.